The van der Waals surface area contributed by atoms with Crippen molar-refractivity contribution in [2.45, 2.75) is 19.1 Å². The molecule has 4 heteroatoms. The molecule has 3 N–H and O–H groups in total. The number of hydrogen-bond donors (Lipinski definition) is 2. The first kappa shape index (κ1) is 11.2. The molecular weight excluding hydrogens is 244 g/mol. The fourth-order valence-corrected chi connectivity index (χ4v) is 1.77. The number of benzene rings is 1. The fraction of sp³-hybridized carbons (Fsp3) is 0.300. The quantitative estimate of drug-likeness (QED) is 0.844. The lowest BCUT2D eigenvalue weighted by atomic mass is 10.0. The van der Waals surface area contributed by atoms with Crippen molar-refractivity contribution in [1.29, 1.82) is 5.26 Å². The number of halogens is 1. The molecule has 1 rings (SSSR count). The summed E-state index contributed by atoms with van der Waals surface area (Å²) in [5.41, 5.74) is 7.14. The second kappa shape index (κ2) is 4.56. The zero-order valence-electron chi connectivity index (χ0n) is 7.74. The van der Waals surface area contributed by atoms with Gasteiger partial charge in [-0.25, -0.2) is 0 Å². The molecule has 0 saturated heterocycles. The molecule has 1 aromatic rings. The Bertz CT molecular complexity index is 371. The third-order valence-corrected chi connectivity index (χ3v) is 2.70. The lowest BCUT2D eigenvalue weighted by Gasteiger charge is -2.16. The molecule has 0 aliphatic carbocycles. The van der Waals surface area contributed by atoms with Crippen LogP contribution in [0.3, 0.4) is 0 Å². The highest BCUT2D eigenvalue weighted by molar-refractivity contribution is 9.10. The van der Waals surface area contributed by atoms with Crippen LogP contribution in [0.1, 0.15) is 24.1 Å². The Morgan fingerprint density at radius 3 is 2.64 bits per heavy atom. The second-order valence-electron chi connectivity index (χ2n) is 3.11. The zero-order chi connectivity index (χ0) is 10.7. The van der Waals surface area contributed by atoms with Gasteiger partial charge in [-0.1, -0.05) is 22.0 Å². The predicted molar refractivity (Wildman–Crippen MR) is 57.5 cm³/mol. The summed E-state index contributed by atoms with van der Waals surface area (Å²) in [6.45, 7) is 1.63. The molecule has 0 aromatic heterocycles. The molecule has 3 nitrogen and oxygen atoms in total. The summed E-state index contributed by atoms with van der Waals surface area (Å²) in [4.78, 5) is 0. The van der Waals surface area contributed by atoms with Gasteiger partial charge >= 0.3 is 0 Å². The smallest absolute Gasteiger partial charge is 0.0992 e. The third-order valence-electron chi connectivity index (χ3n) is 2.01. The zero-order valence-corrected chi connectivity index (χ0v) is 9.32. The van der Waals surface area contributed by atoms with Gasteiger partial charge < -0.3 is 10.8 Å². The maximum atomic E-state index is 9.31. The second-order valence-corrected chi connectivity index (χ2v) is 3.97. The highest BCUT2D eigenvalue weighted by Crippen LogP contribution is 2.25. The summed E-state index contributed by atoms with van der Waals surface area (Å²) in [6.07, 6.45) is -0.612. The minimum Gasteiger partial charge on any atom is -0.391 e. The van der Waals surface area contributed by atoms with Crippen LogP contribution in [0.25, 0.3) is 0 Å². The average Bonchev–Trinajstić information content (AvgIpc) is 2.16. The molecule has 1 aromatic carbocycles. The number of nitrogens with two attached hydrogens (primary N) is 1. The average molecular weight is 255 g/mol. The van der Waals surface area contributed by atoms with Gasteiger partial charge in [0.2, 0.25) is 0 Å². The highest BCUT2D eigenvalue weighted by Gasteiger charge is 2.14. The van der Waals surface area contributed by atoms with Gasteiger partial charge in [0.05, 0.1) is 23.8 Å². The largest absolute Gasteiger partial charge is 0.391 e. The van der Waals surface area contributed by atoms with E-state index in [1.807, 2.05) is 6.07 Å². The molecule has 0 radical (unpaired) electrons. The van der Waals surface area contributed by atoms with Crippen LogP contribution in [0.5, 0.6) is 0 Å². The Morgan fingerprint density at radius 2 is 2.21 bits per heavy atom. The molecule has 0 aliphatic heterocycles. The van der Waals surface area contributed by atoms with E-state index >= 15 is 0 Å². The van der Waals surface area contributed by atoms with E-state index in [-0.39, 0.29) is 0 Å². The van der Waals surface area contributed by atoms with E-state index in [1.54, 1.807) is 25.1 Å². The first-order valence-corrected chi connectivity index (χ1v) is 4.98. The molecule has 0 amide bonds. The molecular formula is C10H11BrN2O. The maximum Gasteiger partial charge on any atom is 0.0992 e. The van der Waals surface area contributed by atoms with Gasteiger partial charge in [0.1, 0.15) is 0 Å². The Morgan fingerprint density at radius 1 is 1.57 bits per heavy atom. The van der Waals surface area contributed by atoms with Crippen LogP contribution in [0.4, 0.5) is 0 Å². The number of nitrogens with zero attached hydrogens (tertiary/aromatic N) is 1. The summed E-state index contributed by atoms with van der Waals surface area (Å²) in [5.74, 6) is 0. The van der Waals surface area contributed by atoms with Gasteiger partial charge in [-0.15, -0.1) is 0 Å². The number of hydrogen-bond acceptors (Lipinski definition) is 3. The molecule has 74 valence electrons. The van der Waals surface area contributed by atoms with Crippen LogP contribution >= 0.6 is 15.9 Å². The number of aliphatic hydroxyl groups excluding tert-OH is 1. The third kappa shape index (κ3) is 2.32. The Balaban J connectivity index is 3.07. The topological polar surface area (TPSA) is 70.0 Å². The summed E-state index contributed by atoms with van der Waals surface area (Å²) < 4.78 is 0.755. The van der Waals surface area contributed by atoms with Crippen molar-refractivity contribution in [3.05, 3.63) is 33.8 Å². The molecule has 2 atom stereocenters. The monoisotopic (exact) mass is 254 g/mol. The molecule has 0 saturated carbocycles. The van der Waals surface area contributed by atoms with E-state index in [2.05, 4.69) is 15.9 Å². The van der Waals surface area contributed by atoms with Crippen molar-refractivity contribution in [2.24, 2.45) is 5.73 Å². The number of aliphatic hydroxyl groups is 1. The van der Waals surface area contributed by atoms with Gasteiger partial charge in [-0.2, -0.15) is 5.26 Å². The van der Waals surface area contributed by atoms with Crippen LogP contribution in [-0.4, -0.2) is 11.2 Å². The van der Waals surface area contributed by atoms with Crippen molar-refractivity contribution >= 4 is 15.9 Å². The molecule has 14 heavy (non-hydrogen) atoms. The van der Waals surface area contributed by atoms with E-state index in [1.165, 1.54) is 0 Å². The van der Waals surface area contributed by atoms with Crippen LogP contribution in [-0.2, 0) is 0 Å². The van der Waals surface area contributed by atoms with Gasteiger partial charge in [0, 0.05) is 4.47 Å². The molecule has 0 bridgehead atoms. The predicted octanol–water partition coefficient (Wildman–Crippen LogP) is 1.70. The summed E-state index contributed by atoms with van der Waals surface area (Å²) in [6, 6.07) is 6.72. The lowest BCUT2D eigenvalue weighted by Crippen LogP contribution is -2.23. The van der Waals surface area contributed by atoms with Crippen molar-refractivity contribution in [1.82, 2.24) is 0 Å². The van der Waals surface area contributed by atoms with Crippen LogP contribution < -0.4 is 5.73 Å². The van der Waals surface area contributed by atoms with Crippen molar-refractivity contribution < 1.29 is 5.11 Å². The number of rotatable bonds is 2. The van der Waals surface area contributed by atoms with Crippen molar-refractivity contribution in [3.63, 3.8) is 0 Å². The molecule has 0 heterocycles. The Labute approximate surface area is 91.3 Å². The molecule has 0 fully saturated rings. The van der Waals surface area contributed by atoms with Crippen LogP contribution in [0, 0.1) is 11.3 Å². The van der Waals surface area contributed by atoms with Gasteiger partial charge in [0.15, 0.2) is 0 Å². The van der Waals surface area contributed by atoms with Crippen molar-refractivity contribution in [3.8, 4) is 6.07 Å². The molecule has 0 aliphatic rings. The molecule has 0 unspecified atom stereocenters. The first-order valence-electron chi connectivity index (χ1n) is 4.19. The van der Waals surface area contributed by atoms with E-state index in [9.17, 15) is 5.11 Å². The summed E-state index contributed by atoms with van der Waals surface area (Å²) in [5, 5.41) is 18.0. The van der Waals surface area contributed by atoms with E-state index in [0.29, 0.717) is 5.56 Å². The van der Waals surface area contributed by atoms with E-state index in [4.69, 9.17) is 11.0 Å². The summed E-state index contributed by atoms with van der Waals surface area (Å²) in [7, 11) is 0. The SMILES string of the molecule is C[C@@H](O)[C@@H](N)c1ccc(C#N)cc1Br. The van der Waals surface area contributed by atoms with Gasteiger partial charge in [-0.05, 0) is 24.6 Å². The fourth-order valence-electron chi connectivity index (χ4n) is 1.13. The number of nitriles is 1. The standard InChI is InChI=1S/C10H11BrN2O/c1-6(14)10(13)8-3-2-7(5-12)4-9(8)11/h2-4,6,10,14H,13H2,1H3/t6-,10-/m1/s1. The van der Waals surface area contributed by atoms with Gasteiger partial charge in [0.25, 0.3) is 0 Å². The van der Waals surface area contributed by atoms with Crippen molar-refractivity contribution in [2.75, 3.05) is 0 Å². The van der Waals surface area contributed by atoms with E-state index < -0.39 is 12.1 Å². The highest BCUT2D eigenvalue weighted by atomic mass is 79.9. The van der Waals surface area contributed by atoms with Crippen LogP contribution in [0.2, 0.25) is 0 Å². The minimum absolute atomic E-state index is 0.433. The van der Waals surface area contributed by atoms with E-state index in [0.717, 1.165) is 10.0 Å². The Hall–Kier alpha value is -0.890. The van der Waals surface area contributed by atoms with Gasteiger partial charge in [-0.3, -0.25) is 0 Å². The lowest BCUT2D eigenvalue weighted by molar-refractivity contribution is 0.164. The van der Waals surface area contributed by atoms with Crippen LogP contribution in [0.15, 0.2) is 22.7 Å². The summed E-state index contributed by atoms with van der Waals surface area (Å²) >= 11 is 3.31. The minimum atomic E-state index is -0.612. The maximum absolute atomic E-state index is 9.31. The first-order chi connectivity index (χ1) is 6.56. The molecule has 0 spiro atoms. The normalized spacial score (nSPS) is 14.5. The Kier molecular flexibility index (Phi) is 3.64.